The van der Waals surface area contributed by atoms with Gasteiger partial charge in [-0.25, -0.2) is 0 Å². The molecular weight excluding hydrogens is 152 g/mol. The Morgan fingerprint density at radius 1 is 1.17 bits per heavy atom. The topological polar surface area (TPSA) is 40.5 Å². The fraction of sp³-hybridized carbons (Fsp3) is 0.400. The highest BCUT2D eigenvalue weighted by Gasteiger charge is 2.08. The molecule has 0 saturated carbocycles. The Bertz CT molecular complexity index is 303. The molecule has 0 unspecified atom stereocenters. The smallest absolute Gasteiger partial charge is 0.160 e. The van der Waals surface area contributed by atoms with Gasteiger partial charge in [-0.2, -0.15) is 0 Å². The molecule has 0 aliphatic rings. The fourth-order valence-corrected chi connectivity index (χ4v) is 1.32. The Labute approximate surface area is 72.5 Å². The average Bonchev–Trinajstić information content (AvgIpc) is 2.08. The molecule has 0 heterocycles. The highest BCUT2D eigenvalue weighted by molar-refractivity contribution is 5.51. The lowest BCUT2D eigenvalue weighted by molar-refractivity contribution is 0.400. The van der Waals surface area contributed by atoms with Crippen molar-refractivity contribution in [1.82, 2.24) is 0 Å². The number of aryl methyl sites for hydroxylation is 1. The highest BCUT2D eigenvalue weighted by atomic mass is 16.3. The van der Waals surface area contributed by atoms with Crippen LogP contribution in [0, 0.1) is 13.8 Å². The van der Waals surface area contributed by atoms with Crippen LogP contribution in [0.15, 0.2) is 6.07 Å². The summed E-state index contributed by atoms with van der Waals surface area (Å²) in [6.45, 7) is 5.79. The Morgan fingerprint density at radius 3 is 2.25 bits per heavy atom. The second-order valence-corrected chi connectivity index (χ2v) is 3.01. The third-order valence-corrected chi connectivity index (χ3v) is 2.33. The molecule has 0 fully saturated rings. The van der Waals surface area contributed by atoms with Gasteiger partial charge >= 0.3 is 0 Å². The predicted molar refractivity (Wildman–Crippen MR) is 48.6 cm³/mol. The van der Waals surface area contributed by atoms with Crippen LogP contribution in [-0.4, -0.2) is 10.2 Å². The molecular formula is C10H14O2. The minimum atomic E-state index is -0.0186. The highest BCUT2D eigenvalue weighted by Crippen LogP contribution is 2.32. The van der Waals surface area contributed by atoms with E-state index in [1.165, 1.54) is 0 Å². The average molecular weight is 166 g/mol. The molecule has 0 aromatic heterocycles. The summed E-state index contributed by atoms with van der Waals surface area (Å²) < 4.78 is 0. The zero-order valence-corrected chi connectivity index (χ0v) is 7.68. The summed E-state index contributed by atoms with van der Waals surface area (Å²) >= 11 is 0. The lowest BCUT2D eigenvalue weighted by Crippen LogP contribution is -1.90. The maximum absolute atomic E-state index is 9.36. The van der Waals surface area contributed by atoms with E-state index < -0.39 is 0 Å². The van der Waals surface area contributed by atoms with Crippen molar-refractivity contribution in [2.45, 2.75) is 27.2 Å². The lowest BCUT2D eigenvalue weighted by atomic mass is 10.00. The third kappa shape index (κ3) is 1.24. The van der Waals surface area contributed by atoms with Gasteiger partial charge in [-0.15, -0.1) is 0 Å². The number of phenolic OH excluding ortho intramolecular Hbond substituents is 2. The fourth-order valence-electron chi connectivity index (χ4n) is 1.32. The van der Waals surface area contributed by atoms with Crippen LogP contribution < -0.4 is 0 Å². The summed E-state index contributed by atoms with van der Waals surface area (Å²) in [7, 11) is 0. The van der Waals surface area contributed by atoms with Crippen LogP contribution >= 0.6 is 0 Å². The molecule has 0 saturated heterocycles. The minimum Gasteiger partial charge on any atom is -0.504 e. The van der Waals surface area contributed by atoms with Gasteiger partial charge in [0.15, 0.2) is 11.5 Å². The quantitative estimate of drug-likeness (QED) is 0.628. The van der Waals surface area contributed by atoms with Crippen LogP contribution in [0.25, 0.3) is 0 Å². The van der Waals surface area contributed by atoms with Crippen molar-refractivity contribution >= 4 is 0 Å². The van der Waals surface area contributed by atoms with Gasteiger partial charge in [-0.3, -0.25) is 0 Å². The molecule has 0 radical (unpaired) electrons. The largest absolute Gasteiger partial charge is 0.504 e. The molecule has 0 spiro atoms. The Morgan fingerprint density at radius 2 is 1.75 bits per heavy atom. The van der Waals surface area contributed by atoms with E-state index in [0.717, 1.165) is 23.1 Å². The van der Waals surface area contributed by atoms with Gasteiger partial charge in [0.1, 0.15) is 0 Å². The van der Waals surface area contributed by atoms with E-state index in [0.29, 0.717) is 0 Å². The number of benzene rings is 1. The van der Waals surface area contributed by atoms with E-state index in [1.54, 1.807) is 6.07 Å². The zero-order valence-electron chi connectivity index (χ0n) is 7.68. The molecule has 2 heteroatoms. The maximum Gasteiger partial charge on any atom is 0.160 e. The van der Waals surface area contributed by atoms with E-state index >= 15 is 0 Å². The Balaban J connectivity index is 3.39. The van der Waals surface area contributed by atoms with E-state index in [-0.39, 0.29) is 11.5 Å². The summed E-state index contributed by atoms with van der Waals surface area (Å²) in [6.07, 6.45) is 0.876. The van der Waals surface area contributed by atoms with E-state index in [1.807, 2.05) is 20.8 Å². The Hall–Kier alpha value is -1.18. The first-order valence-corrected chi connectivity index (χ1v) is 4.09. The van der Waals surface area contributed by atoms with E-state index in [2.05, 4.69) is 0 Å². The van der Waals surface area contributed by atoms with Crippen molar-refractivity contribution in [2.24, 2.45) is 0 Å². The molecule has 2 N–H and O–H groups in total. The number of phenols is 2. The number of hydrogen-bond donors (Lipinski definition) is 2. The normalized spacial score (nSPS) is 10.2. The lowest BCUT2D eigenvalue weighted by Gasteiger charge is -2.09. The molecule has 12 heavy (non-hydrogen) atoms. The van der Waals surface area contributed by atoms with Gasteiger partial charge in [0.25, 0.3) is 0 Å². The van der Waals surface area contributed by atoms with Crippen LogP contribution in [0.4, 0.5) is 0 Å². The number of rotatable bonds is 1. The van der Waals surface area contributed by atoms with Crippen molar-refractivity contribution in [3.63, 3.8) is 0 Å². The monoisotopic (exact) mass is 166 g/mol. The standard InChI is InChI=1S/C10H14O2/c1-4-8-5-9(11)10(12)7(3)6(8)2/h5,11-12H,4H2,1-3H3. The molecule has 0 amide bonds. The first-order chi connectivity index (χ1) is 5.57. The molecule has 66 valence electrons. The maximum atomic E-state index is 9.36. The van der Waals surface area contributed by atoms with Crippen molar-refractivity contribution in [3.8, 4) is 11.5 Å². The molecule has 0 atom stereocenters. The SMILES string of the molecule is CCc1cc(O)c(O)c(C)c1C. The second kappa shape index (κ2) is 3.05. The summed E-state index contributed by atoms with van der Waals surface area (Å²) in [4.78, 5) is 0. The summed E-state index contributed by atoms with van der Waals surface area (Å²) in [5, 5.41) is 18.6. The van der Waals surface area contributed by atoms with Gasteiger partial charge in [0.05, 0.1) is 0 Å². The predicted octanol–water partition coefficient (Wildman–Crippen LogP) is 2.28. The molecule has 0 bridgehead atoms. The van der Waals surface area contributed by atoms with Crippen molar-refractivity contribution < 1.29 is 10.2 Å². The molecule has 1 aromatic rings. The second-order valence-electron chi connectivity index (χ2n) is 3.01. The molecule has 1 rings (SSSR count). The molecule has 1 aromatic carbocycles. The van der Waals surface area contributed by atoms with Crippen LogP contribution in [0.3, 0.4) is 0 Å². The van der Waals surface area contributed by atoms with Crippen LogP contribution in [0.1, 0.15) is 23.6 Å². The molecule has 0 aliphatic heterocycles. The molecule has 0 aliphatic carbocycles. The van der Waals surface area contributed by atoms with Gasteiger partial charge < -0.3 is 10.2 Å². The summed E-state index contributed by atoms with van der Waals surface area (Å²) in [5.74, 6) is -0.0142. The van der Waals surface area contributed by atoms with E-state index in [9.17, 15) is 10.2 Å². The zero-order chi connectivity index (χ0) is 9.30. The minimum absolute atomic E-state index is 0.00435. The van der Waals surface area contributed by atoms with Crippen molar-refractivity contribution in [1.29, 1.82) is 0 Å². The van der Waals surface area contributed by atoms with Gasteiger partial charge in [-0.1, -0.05) is 6.92 Å². The number of aromatic hydroxyl groups is 2. The van der Waals surface area contributed by atoms with E-state index in [4.69, 9.17) is 0 Å². The van der Waals surface area contributed by atoms with Crippen LogP contribution in [0.2, 0.25) is 0 Å². The van der Waals surface area contributed by atoms with Gasteiger partial charge in [0, 0.05) is 0 Å². The summed E-state index contributed by atoms with van der Waals surface area (Å²) in [6, 6.07) is 1.62. The van der Waals surface area contributed by atoms with Crippen molar-refractivity contribution in [3.05, 3.63) is 22.8 Å². The van der Waals surface area contributed by atoms with Crippen molar-refractivity contribution in [2.75, 3.05) is 0 Å². The third-order valence-electron chi connectivity index (χ3n) is 2.33. The first-order valence-electron chi connectivity index (χ1n) is 4.09. The van der Waals surface area contributed by atoms with Crippen LogP contribution in [0.5, 0.6) is 11.5 Å². The van der Waals surface area contributed by atoms with Gasteiger partial charge in [-0.05, 0) is 43.0 Å². The molecule has 2 nitrogen and oxygen atoms in total. The summed E-state index contributed by atoms with van der Waals surface area (Å²) in [5.41, 5.74) is 2.92. The first kappa shape index (κ1) is 8.91. The Kier molecular flexibility index (Phi) is 2.27. The number of hydrogen-bond acceptors (Lipinski definition) is 2. The van der Waals surface area contributed by atoms with Crippen LogP contribution in [-0.2, 0) is 6.42 Å². The van der Waals surface area contributed by atoms with Gasteiger partial charge in [0.2, 0.25) is 0 Å².